The van der Waals surface area contributed by atoms with Crippen LogP contribution < -0.4 is 5.32 Å². The lowest BCUT2D eigenvalue weighted by molar-refractivity contribution is 0.547. The van der Waals surface area contributed by atoms with Crippen LogP contribution in [0.1, 0.15) is 13.8 Å². The van der Waals surface area contributed by atoms with E-state index in [2.05, 4.69) is 23.7 Å². The zero-order valence-corrected chi connectivity index (χ0v) is 9.70. The van der Waals surface area contributed by atoms with Crippen LogP contribution in [0.4, 0.5) is 4.39 Å². The summed E-state index contributed by atoms with van der Waals surface area (Å²) in [4.78, 5) is 0. The molecule has 0 saturated heterocycles. The van der Waals surface area contributed by atoms with Gasteiger partial charge in [-0.05, 0) is 18.2 Å². The molecule has 1 aromatic carbocycles. The van der Waals surface area contributed by atoms with Crippen LogP contribution in [0, 0.1) is 5.82 Å². The summed E-state index contributed by atoms with van der Waals surface area (Å²) < 4.78 is 15.5. The largest absolute Gasteiger partial charge is 0.346 e. The Labute approximate surface area is 95.1 Å². The van der Waals surface area contributed by atoms with Gasteiger partial charge in [0.15, 0.2) is 0 Å². The van der Waals surface area contributed by atoms with Crippen molar-refractivity contribution in [2.75, 3.05) is 6.54 Å². The summed E-state index contributed by atoms with van der Waals surface area (Å²) in [6.07, 6.45) is 1.94. The van der Waals surface area contributed by atoms with Gasteiger partial charge in [-0.15, -0.1) is 0 Å². The number of benzene rings is 1. The highest BCUT2D eigenvalue weighted by atomic mass is 19.1. The first-order valence-electron chi connectivity index (χ1n) is 5.65. The lowest BCUT2D eigenvalue weighted by Crippen LogP contribution is -2.26. The van der Waals surface area contributed by atoms with Crippen LogP contribution in [0.15, 0.2) is 30.5 Å². The minimum absolute atomic E-state index is 0.145. The molecule has 86 valence electrons. The van der Waals surface area contributed by atoms with Gasteiger partial charge >= 0.3 is 0 Å². The van der Waals surface area contributed by atoms with Gasteiger partial charge in [0.25, 0.3) is 0 Å². The lowest BCUT2D eigenvalue weighted by atomic mass is 10.2. The number of aromatic nitrogens is 1. The van der Waals surface area contributed by atoms with Crippen molar-refractivity contribution in [1.82, 2.24) is 9.88 Å². The third-order valence-corrected chi connectivity index (χ3v) is 2.67. The molecule has 0 aliphatic heterocycles. The van der Waals surface area contributed by atoms with Gasteiger partial charge in [-0.25, -0.2) is 4.39 Å². The molecule has 2 aromatic rings. The van der Waals surface area contributed by atoms with E-state index in [0.29, 0.717) is 11.4 Å². The third kappa shape index (κ3) is 2.25. The normalized spacial score (nSPS) is 11.5. The number of nitrogens with one attached hydrogen (secondary N) is 1. The molecule has 1 heterocycles. The number of nitrogens with zero attached hydrogens (tertiary/aromatic N) is 1. The van der Waals surface area contributed by atoms with E-state index in [1.54, 1.807) is 6.07 Å². The lowest BCUT2D eigenvalue weighted by Gasteiger charge is -2.09. The monoisotopic (exact) mass is 220 g/mol. The first kappa shape index (κ1) is 11.1. The fourth-order valence-electron chi connectivity index (χ4n) is 1.85. The van der Waals surface area contributed by atoms with E-state index in [1.807, 2.05) is 18.3 Å². The van der Waals surface area contributed by atoms with E-state index in [1.165, 1.54) is 6.07 Å². The number of halogens is 1. The topological polar surface area (TPSA) is 17.0 Å². The van der Waals surface area contributed by atoms with Gasteiger partial charge in [-0.2, -0.15) is 0 Å². The Kier molecular flexibility index (Phi) is 3.25. The van der Waals surface area contributed by atoms with Crippen molar-refractivity contribution in [3.05, 3.63) is 36.3 Å². The van der Waals surface area contributed by atoms with Gasteiger partial charge in [-0.1, -0.05) is 19.9 Å². The Hall–Kier alpha value is -1.35. The van der Waals surface area contributed by atoms with Crippen LogP contribution in [0.2, 0.25) is 0 Å². The van der Waals surface area contributed by atoms with Gasteiger partial charge in [0.1, 0.15) is 5.82 Å². The zero-order chi connectivity index (χ0) is 11.5. The minimum atomic E-state index is -0.145. The van der Waals surface area contributed by atoms with Crippen LogP contribution in [-0.2, 0) is 6.54 Å². The van der Waals surface area contributed by atoms with Crippen molar-refractivity contribution >= 4 is 10.9 Å². The summed E-state index contributed by atoms with van der Waals surface area (Å²) in [5, 5.41) is 4.05. The minimum Gasteiger partial charge on any atom is -0.346 e. The number of hydrogen-bond donors (Lipinski definition) is 1. The second-order valence-electron chi connectivity index (χ2n) is 4.29. The molecule has 0 aliphatic carbocycles. The smallest absolute Gasteiger partial charge is 0.132 e. The molecule has 0 aliphatic rings. The van der Waals surface area contributed by atoms with Crippen LogP contribution in [-0.4, -0.2) is 17.2 Å². The summed E-state index contributed by atoms with van der Waals surface area (Å²) in [6, 6.07) is 7.52. The molecule has 0 unspecified atom stereocenters. The molecular weight excluding hydrogens is 203 g/mol. The molecule has 0 fully saturated rings. The molecule has 0 amide bonds. The first-order valence-corrected chi connectivity index (χ1v) is 5.65. The van der Waals surface area contributed by atoms with Crippen molar-refractivity contribution < 1.29 is 4.39 Å². The van der Waals surface area contributed by atoms with E-state index in [4.69, 9.17) is 0 Å². The van der Waals surface area contributed by atoms with E-state index in [9.17, 15) is 4.39 Å². The maximum Gasteiger partial charge on any atom is 0.132 e. The molecule has 2 nitrogen and oxygen atoms in total. The SMILES string of the molecule is CC(C)NCCn1ccc2c(F)cccc21. The maximum absolute atomic E-state index is 13.4. The number of rotatable bonds is 4. The van der Waals surface area contributed by atoms with Crippen LogP contribution in [0.25, 0.3) is 10.9 Å². The van der Waals surface area contributed by atoms with Crippen LogP contribution in [0.5, 0.6) is 0 Å². The molecule has 2 rings (SSSR count). The van der Waals surface area contributed by atoms with Gasteiger partial charge in [-0.3, -0.25) is 0 Å². The highest BCUT2D eigenvalue weighted by Gasteiger charge is 2.04. The van der Waals surface area contributed by atoms with E-state index in [-0.39, 0.29) is 5.82 Å². The fourth-order valence-corrected chi connectivity index (χ4v) is 1.85. The molecule has 3 heteroatoms. The molecule has 0 saturated carbocycles. The van der Waals surface area contributed by atoms with Gasteiger partial charge in [0.2, 0.25) is 0 Å². The average molecular weight is 220 g/mol. The second kappa shape index (κ2) is 4.66. The van der Waals surface area contributed by atoms with Gasteiger partial charge < -0.3 is 9.88 Å². The Balaban J connectivity index is 2.16. The predicted octanol–water partition coefficient (Wildman–Crippen LogP) is 2.78. The van der Waals surface area contributed by atoms with Crippen molar-refractivity contribution in [3.8, 4) is 0 Å². The summed E-state index contributed by atoms with van der Waals surface area (Å²) in [7, 11) is 0. The van der Waals surface area contributed by atoms with E-state index >= 15 is 0 Å². The van der Waals surface area contributed by atoms with Crippen molar-refractivity contribution in [3.63, 3.8) is 0 Å². The van der Waals surface area contributed by atoms with Gasteiger partial charge in [0.05, 0.1) is 5.52 Å². The van der Waals surface area contributed by atoms with E-state index in [0.717, 1.165) is 18.6 Å². The second-order valence-corrected chi connectivity index (χ2v) is 4.29. The Bertz CT molecular complexity index is 474. The Morgan fingerprint density at radius 2 is 2.12 bits per heavy atom. The maximum atomic E-state index is 13.4. The summed E-state index contributed by atoms with van der Waals surface area (Å²) in [5.41, 5.74) is 0.963. The summed E-state index contributed by atoms with van der Waals surface area (Å²) in [5.74, 6) is -0.145. The Morgan fingerprint density at radius 3 is 2.88 bits per heavy atom. The standard InChI is InChI=1S/C13H17FN2/c1-10(2)15-7-9-16-8-6-11-12(14)4-3-5-13(11)16/h3-6,8,10,15H,7,9H2,1-2H3. The van der Waals surface area contributed by atoms with Crippen molar-refractivity contribution in [2.45, 2.75) is 26.4 Å². The summed E-state index contributed by atoms with van der Waals surface area (Å²) in [6.45, 7) is 6.00. The molecule has 0 spiro atoms. The first-order chi connectivity index (χ1) is 7.68. The molecule has 0 atom stereocenters. The molecule has 16 heavy (non-hydrogen) atoms. The van der Waals surface area contributed by atoms with Crippen molar-refractivity contribution in [2.24, 2.45) is 0 Å². The van der Waals surface area contributed by atoms with Crippen LogP contribution in [0.3, 0.4) is 0 Å². The Morgan fingerprint density at radius 1 is 1.31 bits per heavy atom. The highest BCUT2D eigenvalue weighted by molar-refractivity contribution is 5.80. The van der Waals surface area contributed by atoms with E-state index < -0.39 is 0 Å². The van der Waals surface area contributed by atoms with Gasteiger partial charge in [0, 0.05) is 30.7 Å². The zero-order valence-electron chi connectivity index (χ0n) is 9.70. The third-order valence-electron chi connectivity index (χ3n) is 2.67. The molecule has 0 radical (unpaired) electrons. The quantitative estimate of drug-likeness (QED) is 0.838. The molecule has 1 N–H and O–H groups in total. The highest BCUT2D eigenvalue weighted by Crippen LogP contribution is 2.18. The molecule has 0 bridgehead atoms. The van der Waals surface area contributed by atoms with Crippen LogP contribution >= 0.6 is 0 Å². The molecule has 1 aromatic heterocycles. The van der Waals surface area contributed by atoms with Crippen molar-refractivity contribution in [1.29, 1.82) is 0 Å². The fraction of sp³-hybridized carbons (Fsp3) is 0.385. The number of fused-ring (bicyclic) bond motifs is 1. The predicted molar refractivity (Wildman–Crippen MR) is 65.0 cm³/mol. The summed E-state index contributed by atoms with van der Waals surface area (Å²) >= 11 is 0. The number of hydrogen-bond acceptors (Lipinski definition) is 1. The molecular formula is C13H17FN2. The average Bonchev–Trinajstić information content (AvgIpc) is 2.63.